The van der Waals surface area contributed by atoms with Crippen LogP contribution in [0.1, 0.15) is 37.7 Å². The molecule has 0 spiro atoms. The number of allylic oxidation sites excluding steroid dienone is 1. The van der Waals surface area contributed by atoms with Gasteiger partial charge >= 0.3 is 12.1 Å². The Balaban J connectivity index is 1.68. The van der Waals surface area contributed by atoms with Crippen LogP contribution in [0.25, 0.3) is 0 Å². The van der Waals surface area contributed by atoms with Gasteiger partial charge in [-0.1, -0.05) is 35.9 Å². The Morgan fingerprint density at radius 1 is 1.15 bits per heavy atom. The molecular weight excluding hydrogens is 450 g/mol. The zero-order valence-electron chi connectivity index (χ0n) is 18.2. The normalized spacial score (nSPS) is 24.6. The van der Waals surface area contributed by atoms with Gasteiger partial charge in [0, 0.05) is 24.5 Å². The van der Waals surface area contributed by atoms with Gasteiger partial charge < -0.3 is 25.4 Å². The van der Waals surface area contributed by atoms with Crippen molar-refractivity contribution in [2.45, 2.75) is 50.7 Å². The van der Waals surface area contributed by atoms with Crippen LogP contribution >= 0.6 is 11.6 Å². The van der Waals surface area contributed by atoms with Gasteiger partial charge in [-0.15, -0.1) is 0 Å². The van der Waals surface area contributed by atoms with Crippen LogP contribution in [0.2, 0.25) is 5.02 Å². The monoisotopic (exact) mass is 477 g/mol. The van der Waals surface area contributed by atoms with Crippen molar-refractivity contribution < 1.29 is 29.0 Å². The standard InChI is InChI=1S/C23H28ClN3O6/c24-17-9-7-15(8-10-17)13-25-20(28)12-16-4-1-2-6-19(26-23(31)32)22(30)33-14-18-5-3-11-27(18)21(16)29/h1-2,7-10,16,18-19,26H,3-6,11-14H2,(H,25,28)(H,31,32)/b2-1+/t16-,18-,19-/m0/s1. The molecule has 2 heterocycles. The highest BCUT2D eigenvalue weighted by Gasteiger charge is 2.35. The Morgan fingerprint density at radius 3 is 2.61 bits per heavy atom. The summed E-state index contributed by atoms with van der Waals surface area (Å²) in [4.78, 5) is 50.9. The molecule has 9 nitrogen and oxygen atoms in total. The lowest BCUT2D eigenvalue weighted by atomic mass is 9.97. The highest BCUT2D eigenvalue weighted by molar-refractivity contribution is 6.30. The van der Waals surface area contributed by atoms with Gasteiger partial charge in [0.05, 0.1) is 12.0 Å². The van der Waals surface area contributed by atoms with Gasteiger partial charge in [-0.3, -0.25) is 9.59 Å². The minimum atomic E-state index is -1.31. The number of cyclic esters (lactones) is 1. The Morgan fingerprint density at radius 2 is 1.88 bits per heavy atom. The van der Waals surface area contributed by atoms with E-state index in [1.165, 1.54) is 0 Å². The number of amides is 3. The first-order valence-corrected chi connectivity index (χ1v) is 11.3. The number of nitrogens with one attached hydrogen (secondary N) is 2. The number of carbonyl (C=O) groups excluding carboxylic acids is 3. The summed E-state index contributed by atoms with van der Waals surface area (Å²) in [5.74, 6) is -1.61. The molecule has 0 aromatic heterocycles. The minimum absolute atomic E-state index is 0.00156. The Hall–Kier alpha value is -3.07. The maximum absolute atomic E-state index is 13.2. The first kappa shape index (κ1) is 24.6. The number of hydrogen-bond donors (Lipinski definition) is 3. The predicted molar refractivity (Wildman–Crippen MR) is 120 cm³/mol. The third-order valence-electron chi connectivity index (χ3n) is 5.80. The number of carbonyl (C=O) groups is 4. The molecule has 10 heteroatoms. The number of benzene rings is 1. The molecule has 0 radical (unpaired) electrons. The van der Waals surface area contributed by atoms with Gasteiger partial charge in [-0.2, -0.15) is 0 Å². The first-order valence-electron chi connectivity index (χ1n) is 11.0. The Labute approximate surface area is 197 Å². The number of carboxylic acid groups (broad SMARTS) is 1. The van der Waals surface area contributed by atoms with Gasteiger partial charge in [-0.05, 0) is 43.4 Å². The first-order chi connectivity index (χ1) is 15.8. The summed E-state index contributed by atoms with van der Waals surface area (Å²) in [7, 11) is 0. The van der Waals surface area contributed by atoms with E-state index in [0.29, 0.717) is 31.0 Å². The van der Waals surface area contributed by atoms with Crippen LogP contribution < -0.4 is 10.6 Å². The summed E-state index contributed by atoms with van der Waals surface area (Å²) in [5, 5.41) is 14.6. The second kappa shape index (κ2) is 11.7. The molecule has 0 aliphatic carbocycles. The van der Waals surface area contributed by atoms with Gasteiger partial charge in [0.2, 0.25) is 11.8 Å². The Bertz CT molecular complexity index is 904. The van der Waals surface area contributed by atoms with Gasteiger partial charge in [0.1, 0.15) is 12.6 Å². The number of hydrogen-bond acceptors (Lipinski definition) is 5. The second-order valence-electron chi connectivity index (χ2n) is 8.21. The topological polar surface area (TPSA) is 125 Å². The van der Waals surface area contributed by atoms with Crippen molar-refractivity contribution in [3.63, 3.8) is 0 Å². The van der Waals surface area contributed by atoms with E-state index in [-0.39, 0.29) is 37.3 Å². The van der Waals surface area contributed by atoms with Crippen LogP contribution in [0.4, 0.5) is 4.79 Å². The molecule has 178 valence electrons. The maximum Gasteiger partial charge on any atom is 0.405 e. The summed E-state index contributed by atoms with van der Waals surface area (Å²) in [6.45, 7) is 0.865. The number of nitrogens with zero attached hydrogens (tertiary/aromatic N) is 1. The van der Waals surface area contributed by atoms with Crippen LogP contribution in [0.15, 0.2) is 36.4 Å². The predicted octanol–water partition coefficient (Wildman–Crippen LogP) is 2.48. The van der Waals surface area contributed by atoms with E-state index in [1.54, 1.807) is 29.2 Å². The van der Waals surface area contributed by atoms with Crippen LogP contribution in [-0.2, 0) is 25.7 Å². The van der Waals surface area contributed by atoms with Crippen LogP contribution in [0.3, 0.4) is 0 Å². The van der Waals surface area contributed by atoms with Gasteiger partial charge in [-0.25, -0.2) is 9.59 Å². The molecule has 1 saturated heterocycles. The van der Waals surface area contributed by atoms with Gasteiger partial charge in [0.15, 0.2) is 0 Å². The average Bonchev–Trinajstić information content (AvgIpc) is 3.25. The lowest BCUT2D eigenvalue weighted by molar-refractivity contribution is -0.150. The van der Waals surface area contributed by atoms with E-state index in [2.05, 4.69) is 10.6 Å². The van der Waals surface area contributed by atoms with Crippen molar-refractivity contribution in [1.82, 2.24) is 15.5 Å². The molecule has 1 fully saturated rings. The van der Waals surface area contributed by atoms with Crippen molar-refractivity contribution in [1.29, 1.82) is 0 Å². The molecule has 3 atom stereocenters. The van der Waals surface area contributed by atoms with Gasteiger partial charge in [0.25, 0.3) is 0 Å². The lowest BCUT2D eigenvalue weighted by Gasteiger charge is -2.29. The molecule has 2 aliphatic heterocycles. The van der Waals surface area contributed by atoms with Crippen molar-refractivity contribution >= 4 is 35.5 Å². The number of ether oxygens (including phenoxy) is 1. The fourth-order valence-corrected chi connectivity index (χ4v) is 4.16. The summed E-state index contributed by atoms with van der Waals surface area (Å²) in [6, 6.07) is 5.84. The molecule has 1 aromatic carbocycles. The third kappa shape index (κ3) is 7.21. The number of rotatable bonds is 5. The highest BCUT2D eigenvalue weighted by Crippen LogP contribution is 2.24. The molecular formula is C23H28ClN3O6. The van der Waals surface area contributed by atoms with Crippen molar-refractivity contribution in [3.05, 3.63) is 47.0 Å². The molecule has 3 rings (SSSR count). The zero-order chi connectivity index (χ0) is 23.8. The van der Waals surface area contributed by atoms with Crippen LogP contribution in [0.5, 0.6) is 0 Å². The summed E-state index contributed by atoms with van der Waals surface area (Å²) in [5.41, 5.74) is 0.899. The molecule has 0 bridgehead atoms. The zero-order valence-corrected chi connectivity index (χ0v) is 18.9. The van der Waals surface area contributed by atoms with Crippen molar-refractivity contribution in [2.24, 2.45) is 5.92 Å². The lowest BCUT2D eigenvalue weighted by Crippen LogP contribution is -2.45. The van der Waals surface area contributed by atoms with Crippen molar-refractivity contribution in [3.8, 4) is 0 Å². The fourth-order valence-electron chi connectivity index (χ4n) is 4.04. The van der Waals surface area contributed by atoms with E-state index in [9.17, 15) is 19.2 Å². The van der Waals surface area contributed by atoms with Crippen molar-refractivity contribution in [2.75, 3.05) is 13.2 Å². The second-order valence-corrected chi connectivity index (χ2v) is 8.64. The highest BCUT2D eigenvalue weighted by atomic mass is 35.5. The SMILES string of the molecule is O=C(O)N[C@H]1C/C=C/C[C@@H](CC(=O)NCc2ccc(Cl)cc2)C(=O)N2CCC[C@H]2COC1=O. The summed E-state index contributed by atoms with van der Waals surface area (Å²) >= 11 is 5.88. The average molecular weight is 478 g/mol. The molecule has 2 aliphatic rings. The Kier molecular flexibility index (Phi) is 8.71. The van der Waals surface area contributed by atoms with E-state index >= 15 is 0 Å². The number of esters is 1. The third-order valence-corrected chi connectivity index (χ3v) is 6.06. The van der Waals surface area contributed by atoms with E-state index < -0.39 is 24.0 Å². The molecule has 0 unspecified atom stereocenters. The minimum Gasteiger partial charge on any atom is -0.465 e. The smallest absolute Gasteiger partial charge is 0.405 e. The van der Waals surface area contributed by atoms with E-state index in [1.807, 2.05) is 12.1 Å². The summed E-state index contributed by atoms with van der Waals surface area (Å²) in [6.07, 6.45) is 3.93. The quantitative estimate of drug-likeness (QED) is 0.442. The fraction of sp³-hybridized carbons (Fsp3) is 0.478. The molecule has 33 heavy (non-hydrogen) atoms. The van der Waals surface area contributed by atoms with Crippen LogP contribution in [-0.4, -0.2) is 59.1 Å². The number of fused-ring (bicyclic) bond motifs is 1. The van der Waals surface area contributed by atoms with E-state index in [0.717, 1.165) is 12.0 Å². The molecule has 0 saturated carbocycles. The molecule has 3 N–H and O–H groups in total. The molecule has 3 amide bonds. The summed E-state index contributed by atoms with van der Waals surface area (Å²) < 4.78 is 5.32. The molecule has 1 aromatic rings. The largest absolute Gasteiger partial charge is 0.465 e. The van der Waals surface area contributed by atoms with E-state index in [4.69, 9.17) is 21.4 Å². The maximum atomic E-state index is 13.2. The van der Waals surface area contributed by atoms with Crippen LogP contribution in [0, 0.1) is 5.92 Å². The number of halogens is 1.